The van der Waals surface area contributed by atoms with Crippen molar-refractivity contribution in [2.24, 2.45) is 10.2 Å². The number of hydrogen-bond acceptors (Lipinski definition) is 5. The normalized spacial score (nSPS) is 11.3. The molecule has 0 radical (unpaired) electrons. The van der Waals surface area contributed by atoms with Crippen LogP contribution in [0.4, 0.5) is 22.7 Å². The van der Waals surface area contributed by atoms with E-state index in [9.17, 15) is 13.2 Å². The van der Waals surface area contributed by atoms with Crippen molar-refractivity contribution in [2.45, 2.75) is 4.90 Å². The minimum atomic E-state index is -3.76. The Kier molecular flexibility index (Phi) is 7.01. The standard InChI is InChI=1S/C25H19ClN4O3S/c26-19-8-16-24(17-9-19)34(32,33)30-23-10-6-18(7-11-23)25(31)27-20-12-14-22(15-13-20)29-28-21-4-2-1-3-5-21/h1-17,30H,(H,27,31). The van der Waals surface area contributed by atoms with Crippen molar-refractivity contribution in [3.8, 4) is 0 Å². The Balaban J connectivity index is 1.37. The molecule has 4 aromatic rings. The van der Waals surface area contributed by atoms with Crippen molar-refractivity contribution in [3.05, 3.63) is 114 Å². The number of hydrogen-bond donors (Lipinski definition) is 2. The Morgan fingerprint density at radius 2 is 1.24 bits per heavy atom. The molecule has 7 nitrogen and oxygen atoms in total. The first-order valence-corrected chi connectivity index (χ1v) is 12.0. The van der Waals surface area contributed by atoms with Gasteiger partial charge in [-0.25, -0.2) is 8.42 Å². The van der Waals surface area contributed by atoms with E-state index in [0.717, 1.165) is 5.69 Å². The first-order valence-electron chi connectivity index (χ1n) is 10.2. The Labute approximate surface area is 202 Å². The topological polar surface area (TPSA) is 100.0 Å². The zero-order valence-corrected chi connectivity index (χ0v) is 19.3. The van der Waals surface area contributed by atoms with Crippen LogP contribution in [-0.4, -0.2) is 14.3 Å². The molecular weight excluding hydrogens is 472 g/mol. The van der Waals surface area contributed by atoms with Crippen LogP contribution < -0.4 is 10.0 Å². The summed E-state index contributed by atoms with van der Waals surface area (Å²) >= 11 is 5.81. The van der Waals surface area contributed by atoms with Gasteiger partial charge in [0.1, 0.15) is 0 Å². The summed E-state index contributed by atoms with van der Waals surface area (Å²) in [5, 5.41) is 11.6. The number of amides is 1. The fourth-order valence-corrected chi connectivity index (χ4v) is 4.13. The van der Waals surface area contributed by atoms with Gasteiger partial charge in [0.05, 0.1) is 16.3 Å². The Bertz CT molecular complexity index is 1410. The number of azo groups is 1. The summed E-state index contributed by atoms with van der Waals surface area (Å²) in [6.45, 7) is 0. The van der Waals surface area contributed by atoms with Gasteiger partial charge in [0.25, 0.3) is 15.9 Å². The van der Waals surface area contributed by atoms with Crippen LogP contribution in [0.2, 0.25) is 5.02 Å². The maximum atomic E-state index is 12.6. The maximum absolute atomic E-state index is 12.6. The summed E-state index contributed by atoms with van der Waals surface area (Å²) in [5.41, 5.74) is 2.70. The highest BCUT2D eigenvalue weighted by atomic mass is 35.5. The van der Waals surface area contributed by atoms with Gasteiger partial charge in [-0.15, -0.1) is 0 Å². The molecule has 9 heteroatoms. The van der Waals surface area contributed by atoms with Crippen molar-refractivity contribution in [3.63, 3.8) is 0 Å². The second-order valence-electron chi connectivity index (χ2n) is 7.17. The summed E-state index contributed by atoms with van der Waals surface area (Å²) in [6.07, 6.45) is 0. The highest BCUT2D eigenvalue weighted by Gasteiger charge is 2.14. The molecule has 0 aliphatic rings. The minimum Gasteiger partial charge on any atom is -0.322 e. The van der Waals surface area contributed by atoms with Gasteiger partial charge in [0.2, 0.25) is 0 Å². The molecule has 0 atom stereocenters. The lowest BCUT2D eigenvalue weighted by molar-refractivity contribution is 0.102. The number of carbonyl (C=O) groups is 1. The Hall–Kier alpha value is -4.01. The van der Waals surface area contributed by atoms with Gasteiger partial charge in [-0.2, -0.15) is 10.2 Å². The van der Waals surface area contributed by atoms with Crippen LogP contribution >= 0.6 is 11.6 Å². The summed E-state index contributed by atoms with van der Waals surface area (Å²) in [4.78, 5) is 12.6. The van der Waals surface area contributed by atoms with Crippen LogP contribution in [0.1, 0.15) is 10.4 Å². The first-order chi connectivity index (χ1) is 16.4. The molecule has 0 spiro atoms. The van der Waals surface area contributed by atoms with Crippen LogP contribution in [0.15, 0.2) is 118 Å². The largest absolute Gasteiger partial charge is 0.322 e. The minimum absolute atomic E-state index is 0.0884. The molecule has 0 aliphatic heterocycles. The quantitative estimate of drug-likeness (QED) is 0.278. The van der Waals surface area contributed by atoms with Crippen molar-refractivity contribution in [1.29, 1.82) is 0 Å². The van der Waals surface area contributed by atoms with Crippen molar-refractivity contribution in [1.82, 2.24) is 0 Å². The molecule has 0 saturated heterocycles. The molecule has 0 unspecified atom stereocenters. The second-order valence-corrected chi connectivity index (χ2v) is 9.29. The average molecular weight is 491 g/mol. The van der Waals surface area contributed by atoms with E-state index in [1.165, 1.54) is 48.5 Å². The van der Waals surface area contributed by atoms with Gasteiger partial charge in [0, 0.05) is 22.0 Å². The molecule has 0 heterocycles. The molecule has 0 fully saturated rings. The van der Waals surface area contributed by atoms with E-state index in [0.29, 0.717) is 27.6 Å². The van der Waals surface area contributed by atoms with Gasteiger partial charge in [-0.1, -0.05) is 29.8 Å². The van der Waals surface area contributed by atoms with E-state index in [1.54, 1.807) is 24.3 Å². The van der Waals surface area contributed by atoms with E-state index in [-0.39, 0.29) is 10.8 Å². The van der Waals surface area contributed by atoms with Crippen LogP contribution in [0, 0.1) is 0 Å². The van der Waals surface area contributed by atoms with Crippen molar-refractivity contribution >= 4 is 50.3 Å². The fraction of sp³-hybridized carbons (Fsp3) is 0. The third kappa shape index (κ3) is 6.06. The molecule has 170 valence electrons. The molecule has 0 aromatic heterocycles. The number of anilines is 2. The van der Waals surface area contributed by atoms with Crippen LogP contribution in [0.3, 0.4) is 0 Å². The Morgan fingerprint density at radius 1 is 0.676 bits per heavy atom. The average Bonchev–Trinajstić information content (AvgIpc) is 2.85. The SMILES string of the molecule is O=C(Nc1ccc(N=Nc2ccccc2)cc1)c1ccc(NS(=O)(=O)c2ccc(Cl)cc2)cc1. The van der Waals surface area contributed by atoms with Gasteiger partial charge in [-0.3, -0.25) is 9.52 Å². The molecule has 0 saturated carbocycles. The molecule has 4 rings (SSSR count). The van der Waals surface area contributed by atoms with E-state index in [1.807, 2.05) is 30.3 Å². The zero-order valence-electron chi connectivity index (χ0n) is 17.7. The number of carbonyl (C=O) groups excluding carboxylic acids is 1. The fourth-order valence-electron chi connectivity index (χ4n) is 2.94. The monoisotopic (exact) mass is 490 g/mol. The van der Waals surface area contributed by atoms with Gasteiger partial charge >= 0.3 is 0 Å². The Morgan fingerprint density at radius 3 is 1.85 bits per heavy atom. The molecule has 1 amide bonds. The second kappa shape index (κ2) is 10.3. The predicted octanol–water partition coefficient (Wildman–Crippen LogP) is 6.81. The van der Waals surface area contributed by atoms with Crippen molar-refractivity contribution in [2.75, 3.05) is 10.0 Å². The van der Waals surface area contributed by atoms with Gasteiger partial charge in [-0.05, 0) is 84.9 Å². The third-order valence-corrected chi connectivity index (χ3v) is 6.33. The maximum Gasteiger partial charge on any atom is 0.261 e. The molecule has 0 aliphatic carbocycles. The number of nitrogens with one attached hydrogen (secondary N) is 2. The molecular formula is C25H19ClN4O3S. The van der Waals surface area contributed by atoms with E-state index in [2.05, 4.69) is 20.3 Å². The number of benzene rings is 4. The zero-order chi connectivity index (χ0) is 24.0. The van der Waals surface area contributed by atoms with E-state index in [4.69, 9.17) is 11.6 Å². The molecule has 4 aromatic carbocycles. The van der Waals surface area contributed by atoms with Gasteiger partial charge < -0.3 is 5.32 Å². The molecule has 34 heavy (non-hydrogen) atoms. The predicted molar refractivity (Wildman–Crippen MR) is 134 cm³/mol. The number of nitrogens with zero attached hydrogens (tertiary/aromatic N) is 2. The lowest BCUT2D eigenvalue weighted by atomic mass is 10.2. The van der Waals surface area contributed by atoms with Crippen LogP contribution in [0.25, 0.3) is 0 Å². The summed E-state index contributed by atoms with van der Waals surface area (Å²) in [5.74, 6) is -0.328. The first kappa shape index (κ1) is 23.2. The highest BCUT2D eigenvalue weighted by molar-refractivity contribution is 7.92. The highest BCUT2D eigenvalue weighted by Crippen LogP contribution is 2.22. The summed E-state index contributed by atoms with van der Waals surface area (Å²) in [7, 11) is -3.76. The van der Waals surface area contributed by atoms with Crippen molar-refractivity contribution < 1.29 is 13.2 Å². The number of halogens is 1. The number of sulfonamides is 1. The van der Waals surface area contributed by atoms with Crippen LogP contribution in [0.5, 0.6) is 0 Å². The van der Waals surface area contributed by atoms with E-state index >= 15 is 0 Å². The lowest BCUT2D eigenvalue weighted by Crippen LogP contribution is -2.14. The van der Waals surface area contributed by atoms with E-state index < -0.39 is 10.0 Å². The number of rotatable bonds is 7. The lowest BCUT2D eigenvalue weighted by Gasteiger charge is -2.09. The van der Waals surface area contributed by atoms with Gasteiger partial charge in [0.15, 0.2) is 0 Å². The summed E-state index contributed by atoms with van der Waals surface area (Å²) in [6, 6.07) is 28.3. The molecule has 0 bridgehead atoms. The van der Waals surface area contributed by atoms with Crippen LogP contribution in [-0.2, 0) is 10.0 Å². The summed E-state index contributed by atoms with van der Waals surface area (Å²) < 4.78 is 27.4. The smallest absolute Gasteiger partial charge is 0.261 e. The third-order valence-electron chi connectivity index (χ3n) is 4.69. The molecule has 2 N–H and O–H groups in total.